The first-order valence-corrected chi connectivity index (χ1v) is 10.7. The quantitative estimate of drug-likeness (QED) is 0.579. The van der Waals surface area contributed by atoms with Crippen LogP contribution in [0.4, 0.5) is 0 Å². The molecule has 0 saturated heterocycles. The third-order valence-corrected chi connectivity index (χ3v) is 4.93. The van der Waals surface area contributed by atoms with Gasteiger partial charge in [0.2, 0.25) is 0 Å². The van der Waals surface area contributed by atoms with Gasteiger partial charge in [-0.2, -0.15) is 0 Å². The lowest BCUT2D eigenvalue weighted by Crippen LogP contribution is -2.22. The Kier molecular flexibility index (Phi) is 4.96. The van der Waals surface area contributed by atoms with Gasteiger partial charge in [0, 0.05) is 21.8 Å². The first-order chi connectivity index (χ1) is 9.51. The maximum atomic E-state index is 5.85. The number of hydrogen-bond donors (Lipinski definition) is 0. The minimum atomic E-state index is -1.04. The number of ether oxygens (including phenoxy) is 2. The molecule has 0 aliphatic heterocycles. The fourth-order valence-corrected chi connectivity index (χ4v) is 2.80. The van der Waals surface area contributed by atoms with E-state index >= 15 is 0 Å². The number of aromatic nitrogens is 2. The van der Waals surface area contributed by atoms with Crippen LogP contribution in [0.1, 0.15) is 5.82 Å². The monoisotopic (exact) mass is 292 g/mol. The molecule has 0 aliphatic carbocycles. The third kappa shape index (κ3) is 3.91. The molecule has 0 N–H and O–H groups in total. The highest BCUT2D eigenvalue weighted by Gasteiger charge is 2.13. The first kappa shape index (κ1) is 15.2. The summed E-state index contributed by atoms with van der Waals surface area (Å²) < 4.78 is 13.2. The van der Waals surface area contributed by atoms with E-state index in [1.165, 1.54) is 6.04 Å². The summed E-state index contributed by atoms with van der Waals surface area (Å²) in [5.41, 5.74) is 2.10. The number of fused-ring (bicyclic) bond motifs is 1. The van der Waals surface area contributed by atoms with Crippen molar-refractivity contribution in [1.29, 1.82) is 0 Å². The smallest absolute Gasteiger partial charge is 0.137 e. The molecular formula is C15H24N2O2Si. The molecule has 0 amide bonds. The molecule has 1 heterocycles. The Hall–Kier alpha value is -1.17. The standard InChI is InChI=1S/C15H24N2O2Si/c1-18-11-15-16-13-7-5-6-8-14(13)17(15)12-19-9-10-20(2,3)4/h5-8H,9-12H2,1-4H3. The van der Waals surface area contributed by atoms with Gasteiger partial charge in [-0.05, 0) is 18.2 Å². The van der Waals surface area contributed by atoms with Gasteiger partial charge in [0.25, 0.3) is 0 Å². The molecule has 0 radical (unpaired) electrons. The summed E-state index contributed by atoms with van der Waals surface area (Å²) in [5.74, 6) is 0.918. The Morgan fingerprint density at radius 2 is 1.95 bits per heavy atom. The Morgan fingerprint density at radius 3 is 2.65 bits per heavy atom. The Balaban J connectivity index is 2.09. The van der Waals surface area contributed by atoms with Gasteiger partial charge in [-0.1, -0.05) is 31.8 Å². The number of para-hydroxylation sites is 2. The van der Waals surface area contributed by atoms with Crippen LogP contribution < -0.4 is 0 Å². The van der Waals surface area contributed by atoms with E-state index in [4.69, 9.17) is 9.47 Å². The maximum absolute atomic E-state index is 5.85. The van der Waals surface area contributed by atoms with Gasteiger partial charge in [-0.15, -0.1) is 0 Å². The molecule has 2 rings (SSSR count). The van der Waals surface area contributed by atoms with E-state index in [9.17, 15) is 0 Å². The number of rotatable bonds is 7. The summed E-state index contributed by atoms with van der Waals surface area (Å²) in [6.45, 7) is 8.95. The van der Waals surface area contributed by atoms with Crippen LogP contribution in [0.15, 0.2) is 24.3 Å². The van der Waals surface area contributed by atoms with Gasteiger partial charge in [-0.3, -0.25) is 0 Å². The van der Waals surface area contributed by atoms with Gasteiger partial charge in [0.15, 0.2) is 0 Å². The highest BCUT2D eigenvalue weighted by Crippen LogP contribution is 2.17. The summed E-state index contributed by atoms with van der Waals surface area (Å²) in [6.07, 6.45) is 0. The molecule has 0 atom stereocenters. The van der Waals surface area contributed by atoms with Crippen molar-refractivity contribution in [1.82, 2.24) is 9.55 Å². The van der Waals surface area contributed by atoms with Crippen molar-refractivity contribution in [3.05, 3.63) is 30.1 Å². The highest BCUT2D eigenvalue weighted by atomic mass is 28.3. The van der Waals surface area contributed by atoms with Crippen molar-refractivity contribution in [2.45, 2.75) is 39.0 Å². The summed E-state index contributed by atoms with van der Waals surface area (Å²) in [4.78, 5) is 4.60. The van der Waals surface area contributed by atoms with E-state index in [1.54, 1.807) is 7.11 Å². The number of benzene rings is 1. The van der Waals surface area contributed by atoms with Crippen LogP contribution in [-0.2, 0) is 22.8 Å². The lowest BCUT2D eigenvalue weighted by Gasteiger charge is -2.16. The van der Waals surface area contributed by atoms with E-state index in [0.717, 1.165) is 23.5 Å². The molecule has 0 saturated carbocycles. The predicted molar refractivity (Wildman–Crippen MR) is 84.6 cm³/mol. The van der Waals surface area contributed by atoms with Gasteiger partial charge in [-0.25, -0.2) is 4.98 Å². The van der Waals surface area contributed by atoms with Crippen LogP contribution in [0.25, 0.3) is 11.0 Å². The normalized spacial score (nSPS) is 12.2. The first-order valence-electron chi connectivity index (χ1n) is 7.02. The van der Waals surface area contributed by atoms with Crippen LogP contribution in [0.5, 0.6) is 0 Å². The maximum Gasteiger partial charge on any atom is 0.137 e. The minimum Gasteiger partial charge on any atom is -0.377 e. The summed E-state index contributed by atoms with van der Waals surface area (Å²) in [7, 11) is 0.654. The van der Waals surface area contributed by atoms with Crippen molar-refractivity contribution < 1.29 is 9.47 Å². The Labute approximate surface area is 121 Å². The van der Waals surface area contributed by atoms with Crippen molar-refractivity contribution in [3.8, 4) is 0 Å². The second kappa shape index (κ2) is 6.52. The molecule has 0 unspecified atom stereocenters. The summed E-state index contributed by atoms with van der Waals surface area (Å²) in [5, 5.41) is 0. The van der Waals surface area contributed by atoms with E-state index in [-0.39, 0.29) is 0 Å². The van der Waals surface area contributed by atoms with Crippen molar-refractivity contribution in [2.75, 3.05) is 13.7 Å². The lowest BCUT2D eigenvalue weighted by molar-refractivity contribution is 0.0815. The lowest BCUT2D eigenvalue weighted by atomic mass is 10.3. The van der Waals surface area contributed by atoms with Crippen LogP contribution in [-0.4, -0.2) is 31.3 Å². The predicted octanol–water partition coefficient (Wildman–Crippen LogP) is 3.50. The number of hydrogen-bond acceptors (Lipinski definition) is 3. The molecule has 0 aliphatic rings. The van der Waals surface area contributed by atoms with Crippen LogP contribution in [0.3, 0.4) is 0 Å². The topological polar surface area (TPSA) is 36.3 Å². The van der Waals surface area contributed by atoms with Crippen LogP contribution in [0, 0.1) is 0 Å². The number of nitrogens with zero attached hydrogens (tertiary/aromatic N) is 2. The van der Waals surface area contributed by atoms with E-state index in [0.29, 0.717) is 13.3 Å². The molecule has 0 bridgehead atoms. The average molecular weight is 292 g/mol. The third-order valence-electron chi connectivity index (χ3n) is 3.22. The summed E-state index contributed by atoms with van der Waals surface area (Å²) >= 11 is 0. The van der Waals surface area contributed by atoms with Gasteiger partial charge < -0.3 is 14.0 Å². The molecular weight excluding hydrogens is 268 g/mol. The zero-order valence-corrected chi connectivity index (χ0v) is 13.8. The fraction of sp³-hybridized carbons (Fsp3) is 0.533. The molecule has 20 heavy (non-hydrogen) atoms. The highest BCUT2D eigenvalue weighted by molar-refractivity contribution is 6.76. The van der Waals surface area contributed by atoms with Crippen LogP contribution in [0.2, 0.25) is 25.7 Å². The second-order valence-corrected chi connectivity index (χ2v) is 11.8. The molecule has 2 aromatic rings. The largest absolute Gasteiger partial charge is 0.377 e. The molecule has 4 nitrogen and oxygen atoms in total. The Bertz CT molecular complexity index is 560. The van der Waals surface area contributed by atoms with E-state index < -0.39 is 8.07 Å². The second-order valence-electron chi connectivity index (χ2n) is 6.23. The average Bonchev–Trinajstić information content (AvgIpc) is 2.72. The molecule has 0 spiro atoms. The molecule has 5 heteroatoms. The van der Waals surface area contributed by atoms with Crippen molar-refractivity contribution >= 4 is 19.1 Å². The molecule has 1 aromatic carbocycles. The number of methoxy groups -OCH3 is 1. The number of imidazole rings is 1. The van der Waals surface area contributed by atoms with Crippen molar-refractivity contribution in [2.24, 2.45) is 0 Å². The zero-order valence-electron chi connectivity index (χ0n) is 12.8. The Morgan fingerprint density at radius 1 is 1.20 bits per heavy atom. The van der Waals surface area contributed by atoms with Crippen molar-refractivity contribution in [3.63, 3.8) is 0 Å². The van der Waals surface area contributed by atoms with Gasteiger partial charge in [0.1, 0.15) is 19.2 Å². The fourth-order valence-electron chi connectivity index (χ4n) is 2.04. The molecule has 1 aromatic heterocycles. The SMILES string of the molecule is COCc1nc2ccccc2n1COCC[Si](C)(C)C. The zero-order chi connectivity index (χ0) is 14.6. The van der Waals surface area contributed by atoms with E-state index in [2.05, 4.69) is 35.3 Å². The van der Waals surface area contributed by atoms with E-state index in [1.807, 2.05) is 18.2 Å². The van der Waals surface area contributed by atoms with Gasteiger partial charge >= 0.3 is 0 Å². The molecule has 0 fully saturated rings. The van der Waals surface area contributed by atoms with Gasteiger partial charge in [0.05, 0.1) is 11.0 Å². The van der Waals surface area contributed by atoms with Crippen LogP contribution >= 0.6 is 0 Å². The minimum absolute atomic E-state index is 0.506. The molecule has 110 valence electrons. The summed E-state index contributed by atoms with van der Waals surface area (Å²) in [6, 6.07) is 9.30.